The summed E-state index contributed by atoms with van der Waals surface area (Å²) in [5.74, 6) is -1.00. The van der Waals surface area contributed by atoms with Crippen molar-refractivity contribution in [3.8, 4) is 0 Å². The Morgan fingerprint density at radius 1 is 0.872 bits per heavy atom. The molecule has 0 aromatic heterocycles. The second kappa shape index (κ2) is 13.9. The zero-order valence-corrected chi connectivity index (χ0v) is 23.6. The van der Waals surface area contributed by atoms with Gasteiger partial charge in [0, 0.05) is 42.9 Å². The van der Waals surface area contributed by atoms with Crippen molar-refractivity contribution in [1.82, 2.24) is 4.90 Å². The van der Waals surface area contributed by atoms with Crippen LogP contribution in [0.3, 0.4) is 0 Å². The molecule has 0 radical (unpaired) electrons. The number of amides is 1. The quantitative estimate of drug-likeness (QED) is 0.299. The van der Waals surface area contributed by atoms with E-state index in [1.54, 1.807) is 49.4 Å². The SMILES string of the molecule is CCOC(=O)c1cccc(CC(=O)c2ccc(C)cc2)c1NC(=O)c1ccc(N2CCCN(C)CC2)cc1.Cl. The van der Waals surface area contributed by atoms with Crippen LogP contribution in [0.25, 0.3) is 0 Å². The molecular formula is C31H36ClN3O4. The van der Waals surface area contributed by atoms with Crippen LogP contribution in [-0.2, 0) is 11.2 Å². The van der Waals surface area contributed by atoms with Crippen molar-refractivity contribution in [3.05, 3.63) is 94.5 Å². The Morgan fingerprint density at radius 2 is 1.56 bits per heavy atom. The molecule has 0 atom stereocenters. The van der Waals surface area contributed by atoms with Gasteiger partial charge in [-0.2, -0.15) is 0 Å². The number of nitrogens with zero attached hydrogens (tertiary/aromatic N) is 2. The first-order valence-electron chi connectivity index (χ1n) is 13.1. The number of rotatable bonds is 8. The van der Waals surface area contributed by atoms with Crippen LogP contribution in [0.1, 0.15) is 55.5 Å². The van der Waals surface area contributed by atoms with E-state index >= 15 is 0 Å². The number of carbonyl (C=O) groups is 3. The fraction of sp³-hybridized carbons (Fsp3) is 0.323. The molecule has 0 unspecified atom stereocenters. The van der Waals surface area contributed by atoms with E-state index in [0.29, 0.717) is 22.4 Å². The summed E-state index contributed by atoms with van der Waals surface area (Å²) >= 11 is 0. The second-order valence-electron chi connectivity index (χ2n) is 9.67. The number of esters is 1. The molecule has 1 heterocycles. The van der Waals surface area contributed by atoms with Crippen molar-refractivity contribution in [2.24, 2.45) is 0 Å². The van der Waals surface area contributed by atoms with E-state index in [-0.39, 0.29) is 42.7 Å². The van der Waals surface area contributed by atoms with Gasteiger partial charge in [0.05, 0.1) is 17.9 Å². The molecule has 0 spiro atoms. The van der Waals surface area contributed by atoms with Crippen LogP contribution >= 0.6 is 12.4 Å². The summed E-state index contributed by atoms with van der Waals surface area (Å²) in [6, 6.07) is 19.9. The smallest absolute Gasteiger partial charge is 0.340 e. The van der Waals surface area contributed by atoms with Gasteiger partial charge in [-0.1, -0.05) is 42.0 Å². The molecule has 4 rings (SSSR count). The number of benzene rings is 3. The van der Waals surface area contributed by atoms with Gasteiger partial charge in [-0.05, 0) is 69.8 Å². The number of hydrogen-bond donors (Lipinski definition) is 1. The summed E-state index contributed by atoms with van der Waals surface area (Å²) in [5.41, 5.74) is 4.26. The maximum absolute atomic E-state index is 13.3. The molecular weight excluding hydrogens is 514 g/mol. The fourth-order valence-corrected chi connectivity index (χ4v) is 4.60. The summed E-state index contributed by atoms with van der Waals surface area (Å²) in [4.78, 5) is 43.7. The molecule has 0 aliphatic carbocycles. The topological polar surface area (TPSA) is 78.9 Å². The van der Waals surface area contributed by atoms with Gasteiger partial charge in [0.15, 0.2) is 5.78 Å². The Hall–Kier alpha value is -3.68. The third-order valence-corrected chi connectivity index (χ3v) is 6.82. The van der Waals surface area contributed by atoms with Crippen molar-refractivity contribution in [3.63, 3.8) is 0 Å². The summed E-state index contributed by atoms with van der Waals surface area (Å²) in [7, 11) is 2.13. The predicted molar refractivity (Wildman–Crippen MR) is 158 cm³/mol. The summed E-state index contributed by atoms with van der Waals surface area (Å²) in [6.07, 6.45) is 1.13. The molecule has 206 valence electrons. The highest BCUT2D eigenvalue weighted by molar-refractivity contribution is 6.09. The highest BCUT2D eigenvalue weighted by Crippen LogP contribution is 2.26. The van der Waals surface area contributed by atoms with Crippen molar-refractivity contribution >= 4 is 41.4 Å². The maximum Gasteiger partial charge on any atom is 0.340 e. The minimum absolute atomic E-state index is 0. The Bertz CT molecular complexity index is 1290. The van der Waals surface area contributed by atoms with E-state index in [4.69, 9.17) is 4.74 Å². The van der Waals surface area contributed by atoms with Crippen LogP contribution in [0.5, 0.6) is 0 Å². The zero-order chi connectivity index (χ0) is 27.1. The number of aryl methyl sites for hydroxylation is 1. The molecule has 3 aromatic rings. The van der Waals surface area contributed by atoms with Gasteiger partial charge >= 0.3 is 5.97 Å². The highest BCUT2D eigenvalue weighted by atomic mass is 35.5. The number of Topliss-reactive ketones (excluding diaryl/α,β-unsaturated/α-hetero) is 1. The third kappa shape index (κ3) is 7.68. The lowest BCUT2D eigenvalue weighted by Crippen LogP contribution is -2.28. The molecule has 3 aromatic carbocycles. The van der Waals surface area contributed by atoms with Gasteiger partial charge < -0.3 is 19.9 Å². The highest BCUT2D eigenvalue weighted by Gasteiger charge is 2.21. The van der Waals surface area contributed by atoms with E-state index in [0.717, 1.165) is 43.9 Å². The lowest BCUT2D eigenvalue weighted by molar-refractivity contribution is 0.0527. The Morgan fingerprint density at radius 3 is 2.26 bits per heavy atom. The molecule has 1 aliphatic rings. The number of para-hydroxylation sites is 1. The number of nitrogens with one attached hydrogen (secondary N) is 1. The Labute approximate surface area is 236 Å². The predicted octanol–water partition coefficient (Wildman–Crippen LogP) is 5.41. The average Bonchev–Trinajstić information content (AvgIpc) is 3.14. The molecule has 1 amide bonds. The largest absolute Gasteiger partial charge is 0.462 e. The minimum atomic E-state index is -0.547. The first kappa shape index (κ1) is 29.9. The van der Waals surface area contributed by atoms with Crippen molar-refractivity contribution in [1.29, 1.82) is 0 Å². The maximum atomic E-state index is 13.3. The summed E-state index contributed by atoms with van der Waals surface area (Å²) < 4.78 is 5.23. The Kier molecular flexibility index (Phi) is 10.7. The number of carbonyl (C=O) groups excluding carboxylic acids is 3. The first-order valence-corrected chi connectivity index (χ1v) is 13.1. The number of ketones is 1. The molecule has 0 bridgehead atoms. The van der Waals surface area contributed by atoms with E-state index in [1.807, 2.05) is 31.2 Å². The van der Waals surface area contributed by atoms with Crippen molar-refractivity contribution in [2.45, 2.75) is 26.7 Å². The van der Waals surface area contributed by atoms with Crippen LogP contribution in [-0.4, -0.2) is 62.4 Å². The average molecular weight is 550 g/mol. The van der Waals surface area contributed by atoms with Crippen LogP contribution in [0, 0.1) is 6.92 Å². The van der Waals surface area contributed by atoms with Crippen LogP contribution in [0.4, 0.5) is 11.4 Å². The number of hydrogen-bond acceptors (Lipinski definition) is 6. The van der Waals surface area contributed by atoms with Gasteiger partial charge in [-0.25, -0.2) is 4.79 Å². The van der Waals surface area contributed by atoms with Crippen LogP contribution in [0.2, 0.25) is 0 Å². The molecule has 7 nitrogen and oxygen atoms in total. The van der Waals surface area contributed by atoms with Crippen molar-refractivity contribution < 1.29 is 19.1 Å². The fourth-order valence-electron chi connectivity index (χ4n) is 4.60. The molecule has 1 aliphatic heterocycles. The van der Waals surface area contributed by atoms with Gasteiger partial charge in [-0.15, -0.1) is 12.4 Å². The summed E-state index contributed by atoms with van der Waals surface area (Å²) in [5, 5.41) is 2.90. The van der Waals surface area contributed by atoms with Gasteiger partial charge in [0.25, 0.3) is 5.91 Å². The van der Waals surface area contributed by atoms with E-state index < -0.39 is 5.97 Å². The van der Waals surface area contributed by atoms with Crippen molar-refractivity contribution in [2.75, 3.05) is 50.1 Å². The van der Waals surface area contributed by atoms with Gasteiger partial charge in [-0.3, -0.25) is 9.59 Å². The molecule has 1 fully saturated rings. The molecule has 39 heavy (non-hydrogen) atoms. The molecule has 1 saturated heterocycles. The number of likely N-dealkylation sites (N-methyl/N-ethyl adjacent to an activating group) is 1. The lowest BCUT2D eigenvalue weighted by atomic mass is 9.98. The standard InChI is InChI=1S/C31H35N3O4.ClH/c1-4-38-31(37)27-8-5-7-25(21-28(35)23-11-9-22(2)10-12-23)29(27)32-30(36)24-13-15-26(16-14-24)34-18-6-17-33(3)19-20-34;/h5,7-16H,4,6,17-21H2,1-3H3,(H,32,36);1H. The first-order chi connectivity index (χ1) is 18.4. The van der Waals surface area contributed by atoms with Crippen LogP contribution in [0.15, 0.2) is 66.7 Å². The molecule has 0 saturated carbocycles. The van der Waals surface area contributed by atoms with E-state index in [1.165, 1.54) is 0 Å². The second-order valence-corrected chi connectivity index (χ2v) is 9.67. The summed E-state index contributed by atoms with van der Waals surface area (Å²) in [6.45, 7) is 7.87. The van der Waals surface area contributed by atoms with Gasteiger partial charge in [0.1, 0.15) is 0 Å². The lowest BCUT2D eigenvalue weighted by Gasteiger charge is -2.23. The number of halogens is 1. The number of ether oxygens (including phenoxy) is 1. The van der Waals surface area contributed by atoms with Gasteiger partial charge in [0.2, 0.25) is 0 Å². The zero-order valence-electron chi connectivity index (χ0n) is 22.7. The molecule has 8 heteroatoms. The number of anilines is 2. The molecule has 1 N–H and O–H groups in total. The van der Waals surface area contributed by atoms with E-state index in [9.17, 15) is 14.4 Å². The minimum Gasteiger partial charge on any atom is -0.462 e. The van der Waals surface area contributed by atoms with Crippen LogP contribution < -0.4 is 10.2 Å². The van der Waals surface area contributed by atoms with E-state index in [2.05, 4.69) is 22.2 Å². The normalized spacial score (nSPS) is 13.7. The monoisotopic (exact) mass is 549 g/mol. The Balaban J connectivity index is 0.00000420. The third-order valence-electron chi connectivity index (χ3n) is 6.82.